The van der Waals surface area contributed by atoms with Crippen LogP contribution in [0.2, 0.25) is 0 Å². The number of nitrogens with zero attached hydrogens (tertiary/aromatic N) is 5. The first-order valence-electron chi connectivity index (χ1n) is 11.7. The number of rotatable bonds is 3. The Bertz CT molecular complexity index is 1200. The molecule has 1 N–H and O–H groups in total. The fourth-order valence-electron chi connectivity index (χ4n) is 5.15. The van der Waals surface area contributed by atoms with Crippen LogP contribution in [0.1, 0.15) is 29.8 Å². The summed E-state index contributed by atoms with van der Waals surface area (Å²) in [7, 11) is 0. The van der Waals surface area contributed by atoms with Gasteiger partial charge in [-0.2, -0.15) is 0 Å². The Balaban J connectivity index is 1.35. The van der Waals surface area contributed by atoms with E-state index in [9.17, 15) is 4.79 Å². The van der Waals surface area contributed by atoms with E-state index in [1.807, 2.05) is 18.7 Å². The molecular weight excluding hydrogens is 432 g/mol. The average molecular weight is 461 g/mol. The van der Waals surface area contributed by atoms with Gasteiger partial charge in [0.25, 0.3) is 0 Å². The van der Waals surface area contributed by atoms with E-state index < -0.39 is 0 Å². The van der Waals surface area contributed by atoms with E-state index in [0.717, 1.165) is 65.9 Å². The van der Waals surface area contributed by atoms with Crippen molar-refractivity contribution in [3.63, 3.8) is 0 Å². The summed E-state index contributed by atoms with van der Waals surface area (Å²) in [5.41, 5.74) is 5.22. The zero-order chi connectivity index (χ0) is 22.5. The molecular formula is C25H28N6OS. The lowest BCUT2D eigenvalue weighted by Crippen LogP contribution is -2.48. The van der Waals surface area contributed by atoms with Crippen molar-refractivity contribution in [2.45, 2.75) is 39.2 Å². The number of aromatic nitrogens is 2. The van der Waals surface area contributed by atoms with Crippen LogP contribution in [0, 0.1) is 13.8 Å². The Morgan fingerprint density at radius 2 is 1.91 bits per heavy atom. The maximum atomic E-state index is 13.4. The zero-order valence-electron chi connectivity index (χ0n) is 19.0. The second-order valence-corrected chi connectivity index (χ2v) is 10.3. The molecule has 8 heteroatoms. The number of aryl methyl sites for hydroxylation is 2. The largest absolute Gasteiger partial charge is 0.372 e. The molecule has 1 atom stereocenters. The van der Waals surface area contributed by atoms with E-state index in [-0.39, 0.29) is 12.1 Å². The normalized spacial score (nSPS) is 19.2. The second-order valence-electron chi connectivity index (χ2n) is 9.13. The third-order valence-electron chi connectivity index (χ3n) is 7.03. The summed E-state index contributed by atoms with van der Waals surface area (Å²) in [5, 5.41) is 3.68. The van der Waals surface area contributed by atoms with Crippen LogP contribution in [-0.4, -0.2) is 48.2 Å². The fourth-order valence-corrected chi connectivity index (χ4v) is 5.95. The van der Waals surface area contributed by atoms with Crippen molar-refractivity contribution in [2.75, 3.05) is 46.2 Å². The second kappa shape index (κ2) is 8.02. The number of amides is 2. The number of hydrogen-bond donors (Lipinski definition) is 1. The lowest BCUT2D eigenvalue weighted by atomic mass is 10.1. The molecule has 2 bridgehead atoms. The van der Waals surface area contributed by atoms with Gasteiger partial charge in [0.2, 0.25) is 0 Å². The number of carbonyl (C=O) groups excluding carboxylic acids is 1. The van der Waals surface area contributed by atoms with Gasteiger partial charge in [0, 0.05) is 42.3 Å². The van der Waals surface area contributed by atoms with Crippen LogP contribution >= 0.6 is 11.3 Å². The smallest absolute Gasteiger partial charge is 0.329 e. The van der Waals surface area contributed by atoms with Crippen molar-refractivity contribution < 1.29 is 4.79 Å². The van der Waals surface area contributed by atoms with E-state index in [4.69, 9.17) is 4.98 Å². The van der Waals surface area contributed by atoms with Crippen molar-refractivity contribution in [3.8, 4) is 11.3 Å². The highest BCUT2D eigenvalue weighted by Gasteiger charge is 2.40. The molecule has 2 fully saturated rings. The molecule has 6 rings (SSSR count). The molecule has 3 aliphatic rings. The lowest BCUT2D eigenvalue weighted by molar-refractivity contribution is 0.255. The van der Waals surface area contributed by atoms with Gasteiger partial charge in [-0.1, -0.05) is 12.1 Å². The van der Waals surface area contributed by atoms with Crippen LogP contribution in [0.3, 0.4) is 0 Å². The first-order valence-corrected chi connectivity index (χ1v) is 12.5. The van der Waals surface area contributed by atoms with Crippen LogP contribution in [0.4, 0.5) is 27.1 Å². The number of hydrogen-bond acceptors (Lipinski definition) is 6. The maximum absolute atomic E-state index is 13.4. The quantitative estimate of drug-likeness (QED) is 0.592. The molecule has 0 unspecified atom stereocenters. The molecule has 7 nitrogen and oxygen atoms in total. The van der Waals surface area contributed by atoms with E-state index in [1.165, 1.54) is 29.9 Å². The highest BCUT2D eigenvalue weighted by atomic mass is 32.1. The Kier molecular flexibility index (Phi) is 4.98. The van der Waals surface area contributed by atoms with Gasteiger partial charge >= 0.3 is 6.03 Å². The molecule has 0 saturated carbocycles. The minimum absolute atomic E-state index is 0.123. The van der Waals surface area contributed by atoms with E-state index in [2.05, 4.69) is 56.5 Å². The molecule has 0 aliphatic carbocycles. The Morgan fingerprint density at radius 1 is 1.06 bits per heavy atom. The highest BCUT2D eigenvalue weighted by Crippen LogP contribution is 2.41. The predicted octanol–water partition coefficient (Wildman–Crippen LogP) is 5.05. The summed E-state index contributed by atoms with van der Waals surface area (Å²) < 4.78 is 0. The summed E-state index contributed by atoms with van der Waals surface area (Å²) >= 11 is 1.52. The first-order chi connectivity index (χ1) is 16.1. The van der Waals surface area contributed by atoms with Crippen LogP contribution in [-0.2, 0) is 0 Å². The van der Waals surface area contributed by atoms with Crippen molar-refractivity contribution in [3.05, 3.63) is 47.0 Å². The molecule has 0 radical (unpaired) electrons. The first kappa shape index (κ1) is 20.5. The number of benzene rings is 1. The molecule has 2 saturated heterocycles. The van der Waals surface area contributed by atoms with Gasteiger partial charge in [-0.3, -0.25) is 10.2 Å². The van der Waals surface area contributed by atoms with Gasteiger partial charge in [0.15, 0.2) is 10.9 Å². The molecule has 5 heterocycles. The summed E-state index contributed by atoms with van der Waals surface area (Å²) in [5.74, 6) is 0.746. The van der Waals surface area contributed by atoms with Crippen LogP contribution in [0.5, 0.6) is 0 Å². The Morgan fingerprint density at radius 3 is 2.70 bits per heavy atom. The van der Waals surface area contributed by atoms with Crippen molar-refractivity contribution in [1.29, 1.82) is 0 Å². The molecule has 3 aromatic rings. The molecule has 33 heavy (non-hydrogen) atoms. The number of anilines is 4. The number of urea groups is 1. The monoisotopic (exact) mass is 460 g/mol. The number of pyridine rings is 1. The van der Waals surface area contributed by atoms with Crippen LogP contribution in [0.25, 0.3) is 11.3 Å². The molecule has 2 amide bonds. The SMILES string of the molecule is Cc1nc(NC(=O)N2c3nc(-c4cccc(N5CCCC5)c4)ccc3N3CC[C@H]2C3)sc1C. The summed E-state index contributed by atoms with van der Waals surface area (Å²) in [6.07, 6.45) is 3.45. The molecule has 1 aromatic carbocycles. The molecule has 3 aliphatic heterocycles. The third-order valence-corrected chi connectivity index (χ3v) is 8.01. The van der Waals surface area contributed by atoms with Crippen LogP contribution in [0.15, 0.2) is 36.4 Å². The molecule has 170 valence electrons. The fraction of sp³-hybridized carbons (Fsp3) is 0.400. The van der Waals surface area contributed by atoms with Crippen LogP contribution < -0.4 is 20.0 Å². The average Bonchev–Trinajstić information content (AvgIpc) is 3.56. The number of nitrogens with one attached hydrogen (secondary N) is 1. The number of carbonyl (C=O) groups is 1. The van der Waals surface area contributed by atoms with E-state index in [0.29, 0.717) is 5.13 Å². The topological polar surface area (TPSA) is 64.6 Å². The number of thiazole rings is 1. The minimum Gasteiger partial charge on any atom is -0.372 e. The maximum Gasteiger partial charge on any atom is 0.329 e. The summed E-state index contributed by atoms with van der Waals surface area (Å²) in [4.78, 5) is 30.7. The van der Waals surface area contributed by atoms with Gasteiger partial charge < -0.3 is 9.80 Å². The third kappa shape index (κ3) is 3.62. The van der Waals surface area contributed by atoms with Gasteiger partial charge in [-0.15, -0.1) is 11.3 Å². The van der Waals surface area contributed by atoms with Gasteiger partial charge in [0.1, 0.15) is 0 Å². The minimum atomic E-state index is -0.146. The van der Waals surface area contributed by atoms with Crippen molar-refractivity contribution in [1.82, 2.24) is 9.97 Å². The van der Waals surface area contributed by atoms with E-state index >= 15 is 0 Å². The van der Waals surface area contributed by atoms with Gasteiger partial charge in [-0.05, 0) is 57.4 Å². The van der Waals surface area contributed by atoms with Gasteiger partial charge in [0.05, 0.1) is 23.1 Å². The molecule has 0 spiro atoms. The summed E-state index contributed by atoms with van der Waals surface area (Å²) in [6.45, 7) is 8.02. The lowest BCUT2D eigenvalue weighted by Gasteiger charge is -2.35. The summed E-state index contributed by atoms with van der Waals surface area (Å²) in [6, 6.07) is 12.8. The van der Waals surface area contributed by atoms with Crippen molar-refractivity contribution >= 4 is 39.7 Å². The Labute approximate surface area is 198 Å². The highest BCUT2D eigenvalue weighted by molar-refractivity contribution is 7.15. The van der Waals surface area contributed by atoms with Gasteiger partial charge in [-0.25, -0.2) is 14.8 Å². The number of fused-ring (bicyclic) bond motifs is 4. The van der Waals surface area contributed by atoms with Crippen molar-refractivity contribution in [2.24, 2.45) is 0 Å². The predicted molar refractivity (Wildman–Crippen MR) is 135 cm³/mol. The zero-order valence-corrected chi connectivity index (χ0v) is 19.9. The molecule has 2 aromatic heterocycles. The standard InChI is InChI=1S/C25H28N6OS/c1-16-17(2)33-24(26-16)28-25(32)31-20-10-13-30(15-20)22-9-8-21(27-23(22)31)18-6-5-7-19(14-18)29-11-3-4-12-29/h5-9,14,20H,3-4,10-13,15H2,1-2H3,(H,26,28,32)/t20-/m0/s1. The van der Waals surface area contributed by atoms with E-state index in [1.54, 1.807) is 0 Å². The Hall–Kier alpha value is -3.13.